The Balaban J connectivity index is 2.29. The third-order valence-electron chi connectivity index (χ3n) is 4.26. The summed E-state index contributed by atoms with van der Waals surface area (Å²) in [5.41, 5.74) is 1.82. The average molecular weight is 375 g/mol. The minimum atomic E-state index is -3.28. The molecule has 2 rings (SSSR count). The molecule has 26 heavy (non-hydrogen) atoms. The molecule has 0 aliphatic heterocycles. The molecule has 138 valence electrons. The lowest BCUT2D eigenvalue weighted by atomic mass is 10.0. The SMILES string of the molecule is Cc1cc(C(=O)O)cc(C(=O)N(C)C(C)c2ccc(S(C)(=O)=O)cc2)c1. The third-order valence-corrected chi connectivity index (χ3v) is 5.39. The van der Waals surface area contributed by atoms with Crippen LogP contribution in [0.5, 0.6) is 0 Å². The van der Waals surface area contributed by atoms with Crippen molar-refractivity contribution in [2.75, 3.05) is 13.3 Å². The van der Waals surface area contributed by atoms with Crippen molar-refractivity contribution in [1.29, 1.82) is 0 Å². The molecule has 0 saturated carbocycles. The molecule has 0 bridgehead atoms. The Hall–Kier alpha value is -2.67. The maximum Gasteiger partial charge on any atom is 0.335 e. The topological polar surface area (TPSA) is 91.8 Å². The van der Waals surface area contributed by atoms with Gasteiger partial charge in [-0.1, -0.05) is 12.1 Å². The van der Waals surface area contributed by atoms with Crippen LogP contribution in [-0.2, 0) is 9.84 Å². The summed E-state index contributed by atoms with van der Waals surface area (Å²) < 4.78 is 23.1. The second kappa shape index (κ2) is 7.29. The van der Waals surface area contributed by atoms with E-state index in [-0.39, 0.29) is 22.4 Å². The van der Waals surface area contributed by atoms with Crippen molar-refractivity contribution in [1.82, 2.24) is 4.90 Å². The number of nitrogens with zero attached hydrogens (tertiary/aromatic N) is 1. The predicted octanol–water partition coefficient (Wildman–Crippen LogP) is 2.93. The van der Waals surface area contributed by atoms with Gasteiger partial charge in [-0.15, -0.1) is 0 Å². The molecule has 0 spiro atoms. The van der Waals surface area contributed by atoms with Gasteiger partial charge in [0.05, 0.1) is 16.5 Å². The zero-order valence-corrected chi connectivity index (χ0v) is 15.9. The normalized spacial score (nSPS) is 12.5. The van der Waals surface area contributed by atoms with Crippen molar-refractivity contribution in [3.8, 4) is 0 Å². The van der Waals surface area contributed by atoms with Gasteiger partial charge in [0.1, 0.15) is 0 Å². The van der Waals surface area contributed by atoms with E-state index in [2.05, 4.69) is 0 Å². The van der Waals surface area contributed by atoms with Gasteiger partial charge in [0, 0.05) is 18.9 Å². The molecule has 2 aromatic carbocycles. The first-order valence-corrected chi connectivity index (χ1v) is 9.82. The number of carboxylic acids is 1. The van der Waals surface area contributed by atoms with E-state index < -0.39 is 15.8 Å². The van der Waals surface area contributed by atoms with Gasteiger partial charge in [-0.25, -0.2) is 13.2 Å². The van der Waals surface area contributed by atoms with E-state index in [0.29, 0.717) is 11.1 Å². The number of sulfone groups is 1. The first-order valence-electron chi connectivity index (χ1n) is 7.93. The van der Waals surface area contributed by atoms with E-state index in [1.807, 2.05) is 6.92 Å². The fourth-order valence-electron chi connectivity index (χ4n) is 2.63. The molecule has 0 saturated heterocycles. The van der Waals surface area contributed by atoms with Crippen LogP contribution in [0.1, 0.15) is 44.8 Å². The number of rotatable bonds is 5. The molecule has 1 unspecified atom stereocenters. The first-order chi connectivity index (χ1) is 12.0. The van der Waals surface area contributed by atoms with Gasteiger partial charge in [-0.2, -0.15) is 0 Å². The molecule has 1 N–H and O–H groups in total. The highest BCUT2D eigenvalue weighted by molar-refractivity contribution is 7.90. The summed E-state index contributed by atoms with van der Waals surface area (Å²) in [5.74, 6) is -1.40. The minimum absolute atomic E-state index is 0.0620. The monoisotopic (exact) mass is 375 g/mol. The van der Waals surface area contributed by atoms with E-state index in [1.54, 1.807) is 32.2 Å². The molecule has 0 fully saturated rings. The number of carboxylic acid groups (broad SMARTS) is 1. The quantitative estimate of drug-likeness (QED) is 0.867. The molecule has 0 aliphatic rings. The molecule has 0 aromatic heterocycles. The van der Waals surface area contributed by atoms with Crippen molar-refractivity contribution >= 4 is 21.7 Å². The van der Waals surface area contributed by atoms with Crippen LogP contribution in [0.15, 0.2) is 47.4 Å². The number of hydrogen-bond acceptors (Lipinski definition) is 4. The van der Waals surface area contributed by atoms with Crippen LogP contribution in [0.4, 0.5) is 0 Å². The first kappa shape index (κ1) is 19.7. The summed E-state index contributed by atoms with van der Waals surface area (Å²) in [6, 6.07) is 10.5. The molecule has 2 aromatic rings. The maximum absolute atomic E-state index is 12.7. The smallest absolute Gasteiger partial charge is 0.335 e. The molecule has 1 atom stereocenters. The standard InChI is InChI=1S/C19H21NO5S/c1-12-9-15(11-16(10-12)19(22)23)18(21)20(3)13(2)14-5-7-17(8-6-14)26(4,24)25/h5-11,13H,1-4H3,(H,22,23). The van der Waals surface area contributed by atoms with Crippen LogP contribution >= 0.6 is 0 Å². The Kier molecular flexibility index (Phi) is 5.51. The van der Waals surface area contributed by atoms with Crippen molar-refractivity contribution < 1.29 is 23.1 Å². The number of amides is 1. The Morgan fingerprint density at radius 2 is 1.58 bits per heavy atom. The number of aromatic carboxylic acids is 1. The van der Waals surface area contributed by atoms with Crippen molar-refractivity contribution in [2.24, 2.45) is 0 Å². The minimum Gasteiger partial charge on any atom is -0.478 e. The van der Waals surface area contributed by atoms with E-state index in [4.69, 9.17) is 5.11 Å². The summed E-state index contributed by atoms with van der Waals surface area (Å²) in [6.07, 6.45) is 1.14. The van der Waals surface area contributed by atoms with Crippen LogP contribution in [0.25, 0.3) is 0 Å². The zero-order chi connectivity index (χ0) is 19.6. The van der Waals surface area contributed by atoms with E-state index in [9.17, 15) is 18.0 Å². The Morgan fingerprint density at radius 1 is 1.04 bits per heavy atom. The summed E-state index contributed by atoms with van der Waals surface area (Å²) in [4.78, 5) is 25.7. The van der Waals surface area contributed by atoms with Crippen LogP contribution in [0.3, 0.4) is 0 Å². The molecule has 0 heterocycles. The summed E-state index contributed by atoms with van der Waals surface area (Å²) in [5, 5.41) is 9.16. The Morgan fingerprint density at radius 3 is 2.08 bits per heavy atom. The second-order valence-corrected chi connectivity index (χ2v) is 8.34. The van der Waals surface area contributed by atoms with Gasteiger partial charge < -0.3 is 10.0 Å². The van der Waals surface area contributed by atoms with Crippen LogP contribution in [-0.4, -0.2) is 43.6 Å². The number of carbonyl (C=O) groups excluding carboxylic acids is 1. The number of aryl methyl sites for hydroxylation is 1. The van der Waals surface area contributed by atoms with Gasteiger partial charge in [0.25, 0.3) is 5.91 Å². The lowest BCUT2D eigenvalue weighted by molar-refractivity contribution is 0.0696. The fraction of sp³-hybridized carbons (Fsp3) is 0.263. The lowest BCUT2D eigenvalue weighted by Gasteiger charge is -2.26. The largest absolute Gasteiger partial charge is 0.478 e. The van der Waals surface area contributed by atoms with Gasteiger partial charge in [-0.05, 0) is 55.3 Å². The fourth-order valence-corrected chi connectivity index (χ4v) is 3.26. The average Bonchev–Trinajstić information content (AvgIpc) is 2.58. The highest BCUT2D eigenvalue weighted by Crippen LogP contribution is 2.23. The number of carbonyl (C=O) groups is 2. The molecular weight excluding hydrogens is 354 g/mol. The molecule has 1 amide bonds. The van der Waals surface area contributed by atoms with Gasteiger partial charge >= 0.3 is 5.97 Å². The van der Waals surface area contributed by atoms with E-state index in [0.717, 1.165) is 11.8 Å². The number of benzene rings is 2. The second-order valence-electron chi connectivity index (χ2n) is 6.33. The molecular formula is C19H21NO5S. The summed E-state index contributed by atoms with van der Waals surface area (Å²) in [6.45, 7) is 3.55. The van der Waals surface area contributed by atoms with Crippen molar-refractivity contribution in [3.63, 3.8) is 0 Å². The van der Waals surface area contributed by atoms with Crippen LogP contribution < -0.4 is 0 Å². The Labute approximate surface area is 153 Å². The van der Waals surface area contributed by atoms with Gasteiger partial charge in [-0.3, -0.25) is 4.79 Å². The van der Waals surface area contributed by atoms with Crippen molar-refractivity contribution in [2.45, 2.75) is 24.8 Å². The van der Waals surface area contributed by atoms with Crippen LogP contribution in [0, 0.1) is 6.92 Å². The Bertz CT molecular complexity index is 948. The van der Waals surface area contributed by atoms with Crippen molar-refractivity contribution in [3.05, 3.63) is 64.7 Å². The summed E-state index contributed by atoms with van der Waals surface area (Å²) in [7, 11) is -1.65. The highest BCUT2D eigenvalue weighted by Gasteiger charge is 2.21. The predicted molar refractivity (Wildman–Crippen MR) is 98.2 cm³/mol. The molecule has 7 heteroatoms. The summed E-state index contributed by atoms with van der Waals surface area (Å²) >= 11 is 0. The molecule has 0 aliphatic carbocycles. The highest BCUT2D eigenvalue weighted by atomic mass is 32.2. The van der Waals surface area contributed by atoms with Crippen LogP contribution in [0.2, 0.25) is 0 Å². The lowest BCUT2D eigenvalue weighted by Crippen LogP contribution is -2.30. The van der Waals surface area contributed by atoms with Gasteiger partial charge in [0.15, 0.2) is 9.84 Å². The van der Waals surface area contributed by atoms with E-state index >= 15 is 0 Å². The maximum atomic E-state index is 12.7. The zero-order valence-electron chi connectivity index (χ0n) is 15.1. The molecule has 0 radical (unpaired) electrons. The number of hydrogen-bond donors (Lipinski definition) is 1. The molecule has 6 nitrogen and oxygen atoms in total. The third kappa shape index (κ3) is 4.29. The van der Waals surface area contributed by atoms with Gasteiger partial charge in [0.2, 0.25) is 0 Å². The van der Waals surface area contributed by atoms with E-state index in [1.165, 1.54) is 29.2 Å².